The van der Waals surface area contributed by atoms with E-state index in [0.717, 1.165) is 11.4 Å². The molecule has 0 amide bonds. The molecule has 0 bridgehead atoms. The predicted octanol–water partition coefficient (Wildman–Crippen LogP) is 4.37. The number of ether oxygens (including phenoxy) is 1. The Labute approximate surface area is 153 Å². The van der Waals surface area contributed by atoms with E-state index in [1.807, 2.05) is 31.2 Å². The molecule has 2 N–H and O–H groups in total. The van der Waals surface area contributed by atoms with Crippen LogP contribution in [0.1, 0.15) is 18.2 Å². The van der Waals surface area contributed by atoms with E-state index in [9.17, 15) is 0 Å². The summed E-state index contributed by atoms with van der Waals surface area (Å²) >= 11 is 5.38. The van der Waals surface area contributed by atoms with Crippen LogP contribution in [0.15, 0.2) is 48.5 Å². The van der Waals surface area contributed by atoms with Crippen LogP contribution in [0.3, 0.4) is 0 Å². The first-order valence-corrected chi connectivity index (χ1v) is 8.80. The highest BCUT2D eigenvalue weighted by molar-refractivity contribution is 7.80. The van der Waals surface area contributed by atoms with Crippen LogP contribution in [0.2, 0.25) is 0 Å². The second-order valence-corrected chi connectivity index (χ2v) is 6.41. The highest BCUT2D eigenvalue weighted by Gasteiger charge is 2.04. The Morgan fingerprint density at radius 2 is 1.88 bits per heavy atom. The van der Waals surface area contributed by atoms with Gasteiger partial charge in [0, 0.05) is 35.9 Å². The van der Waals surface area contributed by atoms with Crippen molar-refractivity contribution in [1.82, 2.24) is 9.88 Å². The molecule has 0 atom stereocenters. The van der Waals surface area contributed by atoms with Crippen LogP contribution < -0.4 is 15.4 Å². The molecule has 0 unspecified atom stereocenters. The number of benzene rings is 2. The zero-order valence-corrected chi connectivity index (χ0v) is 15.6. The topological polar surface area (TPSA) is 38.2 Å². The standard InChI is InChI=1S/C20H23N3OS/c1-4-24-18-8-6-17(7-9-18)22-20(25)21-13-15-5-10-19-16(12-15)11-14(2)23(19)3/h5-12H,4,13H2,1-3H3,(H2,21,22,25). The third-order valence-electron chi connectivity index (χ3n) is 4.22. The molecule has 3 rings (SSSR count). The molecule has 130 valence electrons. The third kappa shape index (κ3) is 4.12. The van der Waals surface area contributed by atoms with E-state index < -0.39 is 0 Å². The van der Waals surface area contributed by atoms with Gasteiger partial charge in [0.1, 0.15) is 5.75 Å². The Bertz CT molecular complexity index is 884. The van der Waals surface area contributed by atoms with Crippen LogP contribution in [0.25, 0.3) is 10.9 Å². The number of hydrogen-bond donors (Lipinski definition) is 2. The van der Waals surface area contributed by atoms with Crippen LogP contribution in [0.5, 0.6) is 5.75 Å². The first-order valence-electron chi connectivity index (χ1n) is 8.39. The molecule has 1 heterocycles. The fourth-order valence-electron chi connectivity index (χ4n) is 2.81. The van der Waals surface area contributed by atoms with Gasteiger partial charge in [-0.25, -0.2) is 0 Å². The van der Waals surface area contributed by atoms with E-state index in [1.54, 1.807) is 0 Å². The molecule has 0 radical (unpaired) electrons. The number of nitrogens with one attached hydrogen (secondary N) is 2. The highest BCUT2D eigenvalue weighted by atomic mass is 32.1. The minimum atomic E-state index is 0.605. The zero-order valence-electron chi connectivity index (χ0n) is 14.8. The lowest BCUT2D eigenvalue weighted by Gasteiger charge is -2.11. The average molecular weight is 353 g/mol. The smallest absolute Gasteiger partial charge is 0.171 e. The van der Waals surface area contributed by atoms with Crippen LogP contribution >= 0.6 is 12.2 Å². The van der Waals surface area contributed by atoms with Crippen molar-refractivity contribution in [3.8, 4) is 5.75 Å². The largest absolute Gasteiger partial charge is 0.494 e. The van der Waals surface area contributed by atoms with Gasteiger partial charge in [-0.15, -0.1) is 0 Å². The minimum absolute atomic E-state index is 0.605. The summed E-state index contributed by atoms with van der Waals surface area (Å²) in [5, 5.41) is 8.31. The summed E-state index contributed by atoms with van der Waals surface area (Å²) in [6.45, 7) is 5.44. The molecule has 0 aliphatic carbocycles. The number of hydrogen-bond acceptors (Lipinski definition) is 2. The fourth-order valence-corrected chi connectivity index (χ4v) is 3.00. The molecule has 0 aliphatic rings. The van der Waals surface area contributed by atoms with Crippen molar-refractivity contribution in [2.24, 2.45) is 7.05 Å². The van der Waals surface area contributed by atoms with Crippen LogP contribution in [0, 0.1) is 6.92 Å². The number of nitrogens with zero attached hydrogens (tertiary/aromatic N) is 1. The van der Waals surface area contributed by atoms with Crippen molar-refractivity contribution in [2.75, 3.05) is 11.9 Å². The average Bonchev–Trinajstić information content (AvgIpc) is 2.89. The molecule has 0 aliphatic heterocycles. The van der Waals surface area contributed by atoms with Crippen molar-refractivity contribution in [3.63, 3.8) is 0 Å². The van der Waals surface area contributed by atoms with Crippen LogP contribution in [-0.2, 0) is 13.6 Å². The third-order valence-corrected chi connectivity index (χ3v) is 4.47. The van der Waals surface area contributed by atoms with Gasteiger partial charge in [-0.2, -0.15) is 0 Å². The van der Waals surface area contributed by atoms with Gasteiger partial charge in [0.25, 0.3) is 0 Å². The Morgan fingerprint density at radius 3 is 2.60 bits per heavy atom. The second-order valence-electron chi connectivity index (χ2n) is 6.00. The van der Waals surface area contributed by atoms with Crippen LogP contribution in [-0.4, -0.2) is 16.3 Å². The summed E-state index contributed by atoms with van der Waals surface area (Å²) in [5.74, 6) is 0.860. The van der Waals surface area contributed by atoms with E-state index >= 15 is 0 Å². The van der Waals surface area contributed by atoms with Gasteiger partial charge >= 0.3 is 0 Å². The van der Waals surface area contributed by atoms with Crippen molar-refractivity contribution >= 4 is 33.9 Å². The highest BCUT2D eigenvalue weighted by Crippen LogP contribution is 2.20. The number of anilines is 1. The normalized spacial score (nSPS) is 10.7. The monoisotopic (exact) mass is 353 g/mol. The molecular weight excluding hydrogens is 330 g/mol. The number of fused-ring (bicyclic) bond motifs is 1. The van der Waals surface area contributed by atoms with E-state index in [-0.39, 0.29) is 0 Å². The quantitative estimate of drug-likeness (QED) is 0.668. The molecule has 0 saturated heterocycles. The predicted molar refractivity (Wildman–Crippen MR) is 108 cm³/mol. The molecule has 0 fully saturated rings. The summed E-state index contributed by atoms with van der Waals surface area (Å²) in [4.78, 5) is 0. The lowest BCUT2D eigenvalue weighted by Crippen LogP contribution is -2.27. The molecule has 1 aromatic heterocycles. The lowest BCUT2D eigenvalue weighted by atomic mass is 10.1. The number of aromatic nitrogens is 1. The van der Waals surface area contributed by atoms with Gasteiger partial charge in [0.05, 0.1) is 6.61 Å². The molecule has 0 saturated carbocycles. The number of aryl methyl sites for hydroxylation is 2. The minimum Gasteiger partial charge on any atom is -0.494 e. The molecule has 3 aromatic rings. The fraction of sp³-hybridized carbons (Fsp3) is 0.250. The molecule has 5 heteroatoms. The number of thiocarbonyl (C=S) groups is 1. The summed E-state index contributed by atoms with van der Waals surface area (Å²) in [7, 11) is 2.09. The van der Waals surface area contributed by atoms with E-state index in [0.29, 0.717) is 18.3 Å². The van der Waals surface area contributed by atoms with Gasteiger partial charge in [-0.05, 0) is 74.1 Å². The van der Waals surface area contributed by atoms with E-state index in [1.165, 1.54) is 22.2 Å². The molecule has 4 nitrogen and oxygen atoms in total. The molecular formula is C20H23N3OS. The van der Waals surface area contributed by atoms with Gasteiger partial charge in [0.15, 0.2) is 5.11 Å². The maximum Gasteiger partial charge on any atom is 0.171 e. The Kier molecular flexibility index (Phi) is 5.24. The Balaban J connectivity index is 1.58. The van der Waals surface area contributed by atoms with Crippen molar-refractivity contribution in [3.05, 3.63) is 59.8 Å². The second kappa shape index (κ2) is 7.57. The van der Waals surface area contributed by atoms with Gasteiger partial charge in [-0.3, -0.25) is 0 Å². The first-order chi connectivity index (χ1) is 12.1. The van der Waals surface area contributed by atoms with Crippen molar-refractivity contribution in [1.29, 1.82) is 0 Å². The summed E-state index contributed by atoms with van der Waals surface area (Å²) in [6, 6.07) is 16.5. The Hall–Kier alpha value is -2.53. The maximum absolute atomic E-state index is 5.44. The maximum atomic E-state index is 5.44. The number of rotatable bonds is 5. The Morgan fingerprint density at radius 1 is 1.12 bits per heavy atom. The summed E-state index contributed by atoms with van der Waals surface area (Å²) < 4.78 is 7.64. The van der Waals surface area contributed by atoms with E-state index in [2.05, 4.69) is 53.4 Å². The van der Waals surface area contributed by atoms with Crippen LogP contribution in [0.4, 0.5) is 5.69 Å². The SMILES string of the molecule is CCOc1ccc(NC(=S)NCc2ccc3c(c2)cc(C)n3C)cc1. The van der Waals surface area contributed by atoms with Crippen molar-refractivity contribution < 1.29 is 4.74 Å². The lowest BCUT2D eigenvalue weighted by molar-refractivity contribution is 0.340. The van der Waals surface area contributed by atoms with Crippen molar-refractivity contribution in [2.45, 2.75) is 20.4 Å². The van der Waals surface area contributed by atoms with Gasteiger partial charge in [-0.1, -0.05) is 6.07 Å². The summed E-state index contributed by atoms with van der Waals surface area (Å²) in [5.41, 5.74) is 4.65. The summed E-state index contributed by atoms with van der Waals surface area (Å²) in [6.07, 6.45) is 0. The first kappa shape index (κ1) is 17.3. The zero-order chi connectivity index (χ0) is 17.8. The van der Waals surface area contributed by atoms with E-state index in [4.69, 9.17) is 17.0 Å². The van der Waals surface area contributed by atoms with Gasteiger partial charge < -0.3 is 19.9 Å². The molecule has 0 spiro atoms. The molecule has 25 heavy (non-hydrogen) atoms. The van der Waals surface area contributed by atoms with Gasteiger partial charge in [0.2, 0.25) is 0 Å². The molecule has 2 aromatic carbocycles.